The van der Waals surface area contributed by atoms with Crippen molar-refractivity contribution >= 4 is 0 Å². The van der Waals surface area contributed by atoms with Crippen LogP contribution in [0.5, 0.6) is 5.75 Å². The monoisotopic (exact) mass is 262 g/mol. The van der Waals surface area contributed by atoms with Crippen LogP contribution in [0.25, 0.3) is 0 Å². The maximum Gasteiger partial charge on any atom is 0.119 e. The van der Waals surface area contributed by atoms with E-state index in [1.54, 1.807) is 0 Å². The van der Waals surface area contributed by atoms with Gasteiger partial charge in [0.15, 0.2) is 0 Å². The Kier molecular flexibility index (Phi) is 3.91. The van der Waals surface area contributed by atoms with E-state index >= 15 is 0 Å². The molecule has 1 aliphatic carbocycles. The van der Waals surface area contributed by atoms with E-state index < -0.39 is 5.60 Å². The fourth-order valence-corrected chi connectivity index (χ4v) is 3.42. The molecule has 0 radical (unpaired) electrons. The molecule has 0 aromatic heterocycles. The van der Waals surface area contributed by atoms with Crippen LogP contribution in [0.15, 0.2) is 24.3 Å². The van der Waals surface area contributed by atoms with E-state index in [0.29, 0.717) is 5.92 Å². The van der Waals surface area contributed by atoms with Gasteiger partial charge in [-0.1, -0.05) is 39.8 Å². The zero-order chi connectivity index (χ0) is 14.1. The minimum absolute atomic E-state index is 0.214. The molecule has 0 bridgehead atoms. The van der Waals surface area contributed by atoms with Gasteiger partial charge in [-0.25, -0.2) is 0 Å². The molecule has 0 amide bonds. The molecule has 2 nitrogen and oxygen atoms in total. The maximum absolute atomic E-state index is 11.0. The number of rotatable bonds is 4. The first kappa shape index (κ1) is 14.4. The summed E-state index contributed by atoms with van der Waals surface area (Å²) < 4.78 is 5.59. The molecule has 1 aromatic rings. The van der Waals surface area contributed by atoms with Crippen LogP contribution in [-0.2, 0) is 5.60 Å². The van der Waals surface area contributed by atoms with E-state index in [0.717, 1.165) is 37.2 Å². The topological polar surface area (TPSA) is 29.5 Å². The third kappa shape index (κ3) is 2.94. The summed E-state index contributed by atoms with van der Waals surface area (Å²) in [7, 11) is 0. The first-order valence-corrected chi connectivity index (χ1v) is 7.33. The van der Waals surface area contributed by atoms with Crippen molar-refractivity contribution in [3.8, 4) is 5.75 Å². The Morgan fingerprint density at radius 2 is 1.89 bits per heavy atom. The molecule has 0 heterocycles. The number of ether oxygens (including phenoxy) is 1. The van der Waals surface area contributed by atoms with Gasteiger partial charge >= 0.3 is 0 Å². The van der Waals surface area contributed by atoms with Crippen LogP contribution in [0.2, 0.25) is 0 Å². The first-order chi connectivity index (χ1) is 8.87. The minimum Gasteiger partial charge on any atom is -0.494 e. The van der Waals surface area contributed by atoms with Gasteiger partial charge < -0.3 is 9.84 Å². The van der Waals surface area contributed by atoms with Gasteiger partial charge in [0.05, 0.1) is 12.2 Å². The predicted molar refractivity (Wildman–Crippen MR) is 78.3 cm³/mol. The molecule has 2 heteroatoms. The second kappa shape index (κ2) is 5.16. The Balaban J connectivity index is 2.17. The smallest absolute Gasteiger partial charge is 0.119 e. The number of benzene rings is 1. The lowest BCUT2D eigenvalue weighted by molar-refractivity contribution is -0.000878. The van der Waals surface area contributed by atoms with Crippen molar-refractivity contribution in [2.45, 2.75) is 52.6 Å². The van der Waals surface area contributed by atoms with E-state index in [4.69, 9.17) is 4.74 Å². The van der Waals surface area contributed by atoms with Gasteiger partial charge in [-0.3, -0.25) is 0 Å². The van der Waals surface area contributed by atoms with Gasteiger partial charge in [-0.15, -0.1) is 0 Å². The van der Waals surface area contributed by atoms with Crippen LogP contribution in [0.4, 0.5) is 0 Å². The highest BCUT2D eigenvalue weighted by Gasteiger charge is 2.48. The van der Waals surface area contributed by atoms with Crippen molar-refractivity contribution in [1.29, 1.82) is 0 Å². The third-order valence-electron chi connectivity index (χ3n) is 4.25. The Morgan fingerprint density at radius 3 is 2.37 bits per heavy atom. The van der Waals surface area contributed by atoms with E-state index in [2.05, 4.69) is 27.7 Å². The van der Waals surface area contributed by atoms with Crippen molar-refractivity contribution in [3.05, 3.63) is 29.8 Å². The molecule has 1 aromatic carbocycles. The second-order valence-corrected chi connectivity index (χ2v) is 6.74. The molecule has 2 atom stereocenters. The highest BCUT2D eigenvalue weighted by molar-refractivity contribution is 5.32. The van der Waals surface area contributed by atoms with Crippen molar-refractivity contribution < 1.29 is 9.84 Å². The van der Waals surface area contributed by atoms with Gasteiger partial charge in [-0.2, -0.15) is 0 Å². The third-order valence-corrected chi connectivity index (χ3v) is 4.25. The summed E-state index contributed by atoms with van der Waals surface area (Å²) in [4.78, 5) is 0. The molecule has 2 rings (SSSR count). The molecule has 0 saturated heterocycles. The zero-order valence-electron chi connectivity index (χ0n) is 12.6. The molecular formula is C17H26O2. The number of hydrogen-bond donors (Lipinski definition) is 1. The fraction of sp³-hybridized carbons (Fsp3) is 0.647. The molecule has 19 heavy (non-hydrogen) atoms. The Labute approximate surface area is 116 Å². The summed E-state index contributed by atoms with van der Waals surface area (Å²) in [5, 5.41) is 11.0. The van der Waals surface area contributed by atoms with Gasteiger partial charge in [-0.05, 0) is 48.3 Å². The normalized spacial score (nSPS) is 29.4. The lowest BCUT2D eigenvalue weighted by Gasteiger charge is -2.29. The van der Waals surface area contributed by atoms with Crippen LogP contribution in [0, 0.1) is 11.3 Å². The molecular weight excluding hydrogens is 236 g/mol. The summed E-state index contributed by atoms with van der Waals surface area (Å²) in [5.74, 6) is 1.18. The Bertz CT molecular complexity index is 421. The highest BCUT2D eigenvalue weighted by atomic mass is 16.5. The zero-order valence-corrected chi connectivity index (χ0v) is 12.6. The predicted octanol–water partition coefficient (Wildman–Crippen LogP) is 4.12. The molecule has 2 unspecified atom stereocenters. The van der Waals surface area contributed by atoms with Crippen molar-refractivity contribution in [2.75, 3.05) is 6.61 Å². The van der Waals surface area contributed by atoms with Gasteiger partial charge in [0, 0.05) is 0 Å². The molecule has 1 fully saturated rings. The van der Waals surface area contributed by atoms with Gasteiger partial charge in [0.25, 0.3) is 0 Å². The van der Waals surface area contributed by atoms with E-state index in [9.17, 15) is 5.11 Å². The summed E-state index contributed by atoms with van der Waals surface area (Å²) in [6.45, 7) is 9.46. The molecule has 106 valence electrons. The number of hydrogen-bond acceptors (Lipinski definition) is 2. The fourth-order valence-electron chi connectivity index (χ4n) is 3.42. The number of aliphatic hydroxyl groups is 1. The van der Waals surface area contributed by atoms with E-state index in [-0.39, 0.29) is 5.41 Å². The standard InChI is InChI=1S/C17H26O2/c1-5-10-19-15-8-6-14(7-9-15)17(18)12-16(3,4)11-13(17)2/h6-9,13,18H,5,10-12H2,1-4H3. The lowest BCUT2D eigenvalue weighted by Crippen LogP contribution is -2.29. The lowest BCUT2D eigenvalue weighted by atomic mass is 9.84. The summed E-state index contributed by atoms with van der Waals surface area (Å²) in [6.07, 6.45) is 2.91. The first-order valence-electron chi connectivity index (χ1n) is 7.33. The molecule has 0 aliphatic heterocycles. The second-order valence-electron chi connectivity index (χ2n) is 6.74. The molecule has 1 aliphatic rings. The largest absolute Gasteiger partial charge is 0.494 e. The van der Waals surface area contributed by atoms with Crippen LogP contribution < -0.4 is 4.74 Å². The van der Waals surface area contributed by atoms with Crippen LogP contribution in [0.3, 0.4) is 0 Å². The summed E-state index contributed by atoms with van der Waals surface area (Å²) in [5.41, 5.74) is 0.549. The van der Waals surface area contributed by atoms with E-state index in [1.807, 2.05) is 24.3 Å². The van der Waals surface area contributed by atoms with Crippen molar-refractivity contribution in [1.82, 2.24) is 0 Å². The molecule has 1 saturated carbocycles. The minimum atomic E-state index is -0.688. The van der Waals surface area contributed by atoms with Crippen molar-refractivity contribution in [3.63, 3.8) is 0 Å². The summed E-state index contributed by atoms with van der Waals surface area (Å²) >= 11 is 0. The Hall–Kier alpha value is -1.02. The van der Waals surface area contributed by atoms with Gasteiger partial charge in [0.1, 0.15) is 5.75 Å². The SMILES string of the molecule is CCCOc1ccc(C2(O)CC(C)(C)CC2C)cc1. The molecule has 1 N–H and O–H groups in total. The van der Waals surface area contributed by atoms with E-state index in [1.165, 1.54) is 0 Å². The maximum atomic E-state index is 11.0. The Morgan fingerprint density at radius 1 is 1.26 bits per heavy atom. The summed E-state index contributed by atoms with van der Waals surface area (Å²) in [6, 6.07) is 7.98. The highest BCUT2D eigenvalue weighted by Crippen LogP contribution is 2.52. The van der Waals surface area contributed by atoms with Crippen LogP contribution in [-0.4, -0.2) is 11.7 Å². The van der Waals surface area contributed by atoms with Crippen molar-refractivity contribution in [2.24, 2.45) is 11.3 Å². The molecule has 0 spiro atoms. The van der Waals surface area contributed by atoms with Gasteiger partial charge in [0.2, 0.25) is 0 Å². The average molecular weight is 262 g/mol. The van der Waals surface area contributed by atoms with Crippen LogP contribution in [0.1, 0.15) is 52.5 Å². The average Bonchev–Trinajstić information content (AvgIpc) is 2.57. The van der Waals surface area contributed by atoms with Crippen LogP contribution >= 0.6 is 0 Å². The quantitative estimate of drug-likeness (QED) is 0.884.